The molecular formula is C17H15BrO5. The van der Waals surface area contributed by atoms with Gasteiger partial charge in [-0.05, 0) is 29.7 Å². The van der Waals surface area contributed by atoms with Crippen LogP contribution in [0, 0.1) is 0 Å². The van der Waals surface area contributed by atoms with E-state index in [1.165, 1.54) is 0 Å². The molecule has 1 N–H and O–H groups in total. The van der Waals surface area contributed by atoms with E-state index < -0.39 is 17.0 Å². The molecule has 0 aliphatic carbocycles. The molecule has 1 unspecified atom stereocenters. The summed E-state index contributed by atoms with van der Waals surface area (Å²) in [5, 5.41) is 8.84. The first-order valence-corrected chi connectivity index (χ1v) is 7.80. The maximum absolute atomic E-state index is 11.6. The van der Waals surface area contributed by atoms with E-state index in [0.29, 0.717) is 12.2 Å². The van der Waals surface area contributed by atoms with Crippen LogP contribution in [-0.4, -0.2) is 22.1 Å². The highest BCUT2D eigenvalue weighted by molar-refractivity contribution is 9.10. The molecule has 0 heterocycles. The first kappa shape index (κ1) is 17.0. The van der Waals surface area contributed by atoms with Crippen molar-refractivity contribution in [3.63, 3.8) is 0 Å². The summed E-state index contributed by atoms with van der Waals surface area (Å²) < 4.78 is 10.1. The molecule has 0 aromatic heterocycles. The minimum atomic E-state index is -0.921. The van der Waals surface area contributed by atoms with Crippen molar-refractivity contribution in [1.82, 2.24) is 0 Å². The van der Waals surface area contributed by atoms with Gasteiger partial charge >= 0.3 is 12.1 Å². The highest BCUT2D eigenvalue weighted by Crippen LogP contribution is 2.16. The van der Waals surface area contributed by atoms with E-state index in [-0.39, 0.29) is 6.61 Å². The second-order valence-corrected chi connectivity index (χ2v) is 5.89. The molecular weight excluding hydrogens is 364 g/mol. The fourth-order valence-corrected chi connectivity index (χ4v) is 2.20. The third-order valence-corrected chi connectivity index (χ3v) is 3.72. The summed E-state index contributed by atoms with van der Waals surface area (Å²) >= 11 is 3.08. The van der Waals surface area contributed by atoms with E-state index in [1.54, 1.807) is 24.3 Å². The van der Waals surface area contributed by atoms with Gasteiger partial charge in [0, 0.05) is 0 Å². The fourth-order valence-electron chi connectivity index (χ4n) is 1.83. The number of carbonyl (C=O) groups excluding carboxylic acids is 1. The van der Waals surface area contributed by atoms with Crippen molar-refractivity contribution in [3.8, 4) is 5.75 Å². The number of aliphatic carboxylic acids is 1. The summed E-state index contributed by atoms with van der Waals surface area (Å²) in [5.74, 6) is -0.580. The van der Waals surface area contributed by atoms with E-state index in [9.17, 15) is 9.59 Å². The average molecular weight is 379 g/mol. The molecule has 23 heavy (non-hydrogen) atoms. The number of ether oxygens (including phenoxy) is 2. The Morgan fingerprint density at radius 3 is 2.26 bits per heavy atom. The highest BCUT2D eigenvalue weighted by atomic mass is 79.9. The number of alkyl halides is 1. The summed E-state index contributed by atoms with van der Waals surface area (Å²) in [7, 11) is 0. The number of carboxylic acids is 1. The predicted molar refractivity (Wildman–Crippen MR) is 87.8 cm³/mol. The molecule has 2 rings (SSSR count). The summed E-state index contributed by atoms with van der Waals surface area (Å²) in [5.41, 5.74) is 1.69. The van der Waals surface area contributed by atoms with Crippen molar-refractivity contribution in [2.45, 2.75) is 17.9 Å². The van der Waals surface area contributed by atoms with Gasteiger partial charge in [0.15, 0.2) is 0 Å². The lowest BCUT2D eigenvalue weighted by molar-refractivity contribution is -0.136. The number of benzene rings is 2. The van der Waals surface area contributed by atoms with Crippen LogP contribution in [0.25, 0.3) is 0 Å². The number of halogens is 1. The van der Waals surface area contributed by atoms with Crippen molar-refractivity contribution in [3.05, 3.63) is 65.7 Å². The van der Waals surface area contributed by atoms with Crippen molar-refractivity contribution in [1.29, 1.82) is 0 Å². The van der Waals surface area contributed by atoms with Gasteiger partial charge in [0.1, 0.15) is 17.2 Å². The second kappa shape index (κ2) is 8.33. The Bertz CT molecular complexity index is 654. The van der Waals surface area contributed by atoms with Crippen LogP contribution >= 0.6 is 15.9 Å². The first-order valence-electron chi connectivity index (χ1n) is 6.89. The Kier molecular flexibility index (Phi) is 6.17. The van der Waals surface area contributed by atoms with E-state index in [1.807, 2.05) is 30.3 Å². The summed E-state index contributed by atoms with van der Waals surface area (Å²) in [4.78, 5) is 21.7. The molecule has 0 saturated heterocycles. The molecule has 1 atom stereocenters. The van der Waals surface area contributed by atoms with E-state index in [4.69, 9.17) is 14.6 Å². The third-order valence-electron chi connectivity index (χ3n) is 3.01. The van der Waals surface area contributed by atoms with E-state index in [2.05, 4.69) is 15.9 Å². The van der Waals surface area contributed by atoms with Crippen LogP contribution in [0.3, 0.4) is 0 Å². The number of carboxylic acid groups (broad SMARTS) is 1. The van der Waals surface area contributed by atoms with Gasteiger partial charge in [-0.2, -0.15) is 0 Å². The van der Waals surface area contributed by atoms with E-state index >= 15 is 0 Å². The van der Waals surface area contributed by atoms with E-state index in [0.717, 1.165) is 11.1 Å². The molecule has 0 aliphatic rings. The molecule has 2 aromatic rings. The predicted octanol–water partition coefficient (Wildman–Crippen LogP) is 3.79. The van der Waals surface area contributed by atoms with Crippen LogP contribution in [0.1, 0.15) is 11.1 Å². The van der Waals surface area contributed by atoms with Gasteiger partial charge in [-0.1, -0.05) is 58.4 Å². The zero-order chi connectivity index (χ0) is 16.7. The largest absolute Gasteiger partial charge is 0.514 e. The molecule has 0 radical (unpaired) electrons. The zero-order valence-corrected chi connectivity index (χ0v) is 13.7. The minimum absolute atomic E-state index is 0.141. The molecule has 0 spiro atoms. The van der Waals surface area contributed by atoms with Crippen molar-refractivity contribution in [2.75, 3.05) is 0 Å². The van der Waals surface area contributed by atoms with Crippen molar-refractivity contribution in [2.24, 2.45) is 0 Å². The Morgan fingerprint density at radius 1 is 1.00 bits per heavy atom. The lowest BCUT2D eigenvalue weighted by atomic mass is 10.1. The lowest BCUT2D eigenvalue weighted by Gasteiger charge is -2.08. The maximum atomic E-state index is 11.6. The number of rotatable bonds is 6. The molecule has 120 valence electrons. The van der Waals surface area contributed by atoms with Crippen LogP contribution in [0.2, 0.25) is 0 Å². The van der Waals surface area contributed by atoms with Crippen LogP contribution < -0.4 is 4.74 Å². The van der Waals surface area contributed by atoms with Gasteiger partial charge < -0.3 is 14.6 Å². The normalized spacial score (nSPS) is 11.5. The lowest BCUT2D eigenvalue weighted by Crippen LogP contribution is -2.15. The van der Waals surface area contributed by atoms with Crippen LogP contribution in [-0.2, 0) is 22.6 Å². The molecule has 0 aliphatic heterocycles. The second-order valence-electron chi connectivity index (χ2n) is 4.78. The molecule has 0 bridgehead atoms. The smallest absolute Gasteiger partial charge is 0.480 e. The van der Waals surface area contributed by atoms with Crippen molar-refractivity contribution >= 4 is 28.1 Å². The monoisotopic (exact) mass is 378 g/mol. The van der Waals surface area contributed by atoms with Gasteiger partial charge in [-0.3, -0.25) is 4.79 Å². The standard InChI is InChI=1S/C17H15BrO5/c18-15(16(19)20)10-12-6-8-14(9-7-12)23-17(21)22-11-13-4-2-1-3-5-13/h1-9,15H,10-11H2,(H,19,20). The van der Waals surface area contributed by atoms with Gasteiger partial charge in [0.25, 0.3) is 0 Å². The number of carbonyl (C=O) groups is 2. The summed E-state index contributed by atoms with van der Waals surface area (Å²) in [6.07, 6.45) is -0.445. The Hall–Kier alpha value is -2.34. The topological polar surface area (TPSA) is 72.8 Å². The van der Waals surface area contributed by atoms with Gasteiger partial charge in [-0.25, -0.2) is 4.79 Å². The molecule has 2 aromatic carbocycles. The van der Waals surface area contributed by atoms with Crippen LogP contribution in [0.5, 0.6) is 5.75 Å². The van der Waals surface area contributed by atoms with Crippen LogP contribution in [0.4, 0.5) is 4.79 Å². The number of hydrogen-bond donors (Lipinski definition) is 1. The third kappa shape index (κ3) is 5.75. The molecule has 0 fully saturated rings. The average Bonchev–Trinajstić information content (AvgIpc) is 2.55. The van der Waals surface area contributed by atoms with Gasteiger partial charge in [0.05, 0.1) is 0 Å². The quantitative estimate of drug-likeness (QED) is 0.470. The SMILES string of the molecule is O=C(OCc1ccccc1)Oc1ccc(CC(Br)C(=O)O)cc1. The highest BCUT2D eigenvalue weighted by Gasteiger charge is 2.14. The number of hydrogen-bond acceptors (Lipinski definition) is 4. The Labute approximate surface area is 142 Å². The minimum Gasteiger partial charge on any atom is -0.480 e. The molecule has 0 amide bonds. The molecule has 5 nitrogen and oxygen atoms in total. The summed E-state index contributed by atoms with van der Waals surface area (Å²) in [6.45, 7) is 0.141. The Balaban J connectivity index is 1.83. The fraction of sp³-hybridized carbons (Fsp3) is 0.176. The Morgan fingerprint density at radius 2 is 1.65 bits per heavy atom. The van der Waals surface area contributed by atoms with Crippen molar-refractivity contribution < 1.29 is 24.2 Å². The molecule has 0 saturated carbocycles. The van der Waals surface area contributed by atoms with Gasteiger partial charge in [0.2, 0.25) is 0 Å². The van der Waals surface area contributed by atoms with Gasteiger partial charge in [-0.15, -0.1) is 0 Å². The zero-order valence-electron chi connectivity index (χ0n) is 12.1. The first-order chi connectivity index (χ1) is 11.0. The summed E-state index contributed by atoms with van der Waals surface area (Å²) in [6, 6.07) is 15.9. The van der Waals surface area contributed by atoms with Crippen LogP contribution in [0.15, 0.2) is 54.6 Å². The molecule has 6 heteroatoms. The maximum Gasteiger partial charge on any atom is 0.514 e.